The Labute approximate surface area is 172 Å². The van der Waals surface area contributed by atoms with Crippen molar-refractivity contribution in [3.8, 4) is 22.9 Å². The third kappa shape index (κ3) is 4.43. The number of ether oxygens (including phenoxy) is 2. The predicted octanol–water partition coefficient (Wildman–Crippen LogP) is 2.23. The summed E-state index contributed by atoms with van der Waals surface area (Å²) in [6.07, 6.45) is 0. The number of benzene rings is 2. The maximum atomic E-state index is 13.1. The molecule has 0 unspecified atom stereocenters. The van der Waals surface area contributed by atoms with Crippen molar-refractivity contribution in [2.24, 2.45) is 7.05 Å². The van der Waals surface area contributed by atoms with E-state index in [4.69, 9.17) is 9.47 Å². The second-order valence-electron chi connectivity index (χ2n) is 6.32. The maximum Gasteiger partial charge on any atom is 0.345 e. The van der Waals surface area contributed by atoms with Crippen LogP contribution in [0.1, 0.15) is 0 Å². The first-order chi connectivity index (χ1) is 14.4. The number of amides is 2. The Morgan fingerprint density at radius 1 is 1.13 bits per heavy atom. The molecular formula is C20H22FN5O4. The predicted molar refractivity (Wildman–Crippen MR) is 109 cm³/mol. The van der Waals surface area contributed by atoms with Crippen molar-refractivity contribution in [2.75, 3.05) is 26.1 Å². The summed E-state index contributed by atoms with van der Waals surface area (Å²) < 4.78 is 26.2. The first kappa shape index (κ1) is 20.9. The largest absolute Gasteiger partial charge is 0.493 e. The minimum absolute atomic E-state index is 0.163. The average molecular weight is 415 g/mol. The molecule has 0 bridgehead atoms. The van der Waals surface area contributed by atoms with Crippen molar-refractivity contribution in [1.82, 2.24) is 19.7 Å². The maximum absolute atomic E-state index is 13.1. The van der Waals surface area contributed by atoms with Gasteiger partial charge >= 0.3 is 11.7 Å². The highest BCUT2D eigenvalue weighted by atomic mass is 19.1. The van der Waals surface area contributed by atoms with Crippen molar-refractivity contribution in [2.45, 2.75) is 6.54 Å². The van der Waals surface area contributed by atoms with Crippen molar-refractivity contribution >= 4 is 11.7 Å². The molecule has 1 heterocycles. The van der Waals surface area contributed by atoms with Crippen LogP contribution in [0.2, 0.25) is 0 Å². The Balaban J connectivity index is 1.63. The van der Waals surface area contributed by atoms with Crippen LogP contribution in [-0.2, 0) is 13.6 Å². The Kier molecular flexibility index (Phi) is 6.35. The van der Waals surface area contributed by atoms with Gasteiger partial charge in [0.05, 0.1) is 26.5 Å². The summed E-state index contributed by atoms with van der Waals surface area (Å²) in [4.78, 5) is 24.6. The molecule has 0 aliphatic rings. The van der Waals surface area contributed by atoms with E-state index in [1.54, 1.807) is 37.4 Å². The van der Waals surface area contributed by atoms with E-state index in [-0.39, 0.29) is 24.6 Å². The van der Waals surface area contributed by atoms with Crippen molar-refractivity contribution < 1.29 is 18.7 Å². The Morgan fingerprint density at radius 3 is 2.53 bits per heavy atom. The molecule has 0 aliphatic carbocycles. The number of hydrogen-bond donors (Lipinski definition) is 2. The Morgan fingerprint density at radius 2 is 1.87 bits per heavy atom. The fourth-order valence-corrected chi connectivity index (χ4v) is 2.91. The van der Waals surface area contributed by atoms with Crippen LogP contribution in [0.25, 0.3) is 11.4 Å². The van der Waals surface area contributed by atoms with Crippen LogP contribution in [0.15, 0.2) is 47.3 Å². The monoisotopic (exact) mass is 415 g/mol. The van der Waals surface area contributed by atoms with Gasteiger partial charge in [-0.25, -0.2) is 18.7 Å². The average Bonchev–Trinajstić information content (AvgIpc) is 3.02. The second kappa shape index (κ2) is 9.12. The summed E-state index contributed by atoms with van der Waals surface area (Å²) in [5.41, 5.74) is 0.722. The Hall–Kier alpha value is -3.82. The molecule has 2 aromatic carbocycles. The summed E-state index contributed by atoms with van der Waals surface area (Å²) in [5.74, 6) is 0.931. The van der Waals surface area contributed by atoms with Gasteiger partial charge in [0.2, 0.25) is 0 Å². The number of carbonyl (C=O) groups excluding carboxylic acids is 1. The summed E-state index contributed by atoms with van der Waals surface area (Å²) in [5, 5.41) is 9.62. The van der Waals surface area contributed by atoms with E-state index in [0.29, 0.717) is 28.6 Å². The number of anilines is 1. The highest BCUT2D eigenvalue weighted by Crippen LogP contribution is 2.34. The number of methoxy groups -OCH3 is 2. The van der Waals surface area contributed by atoms with Crippen LogP contribution in [0.4, 0.5) is 14.9 Å². The first-order valence-electron chi connectivity index (χ1n) is 9.10. The van der Waals surface area contributed by atoms with Crippen LogP contribution in [0.5, 0.6) is 11.5 Å². The van der Waals surface area contributed by atoms with E-state index in [2.05, 4.69) is 15.7 Å². The lowest BCUT2D eigenvalue weighted by Gasteiger charge is -2.13. The Bertz CT molecular complexity index is 1090. The number of halogens is 1. The standard InChI is InChI=1S/C20H22FN5O4/c1-25-18(13-7-9-14(21)10-8-13)24-26(20(25)28)12-11-22-19(27)23-15-5-4-6-16(29-2)17(15)30-3/h4-10H,11-12H2,1-3H3,(H2,22,23,27). The number of urea groups is 1. The molecule has 0 aliphatic heterocycles. The quantitative estimate of drug-likeness (QED) is 0.617. The van der Waals surface area contributed by atoms with Crippen LogP contribution in [0.3, 0.4) is 0 Å². The first-order valence-corrected chi connectivity index (χ1v) is 9.10. The van der Waals surface area contributed by atoms with E-state index in [1.807, 2.05) is 0 Å². The van der Waals surface area contributed by atoms with Gasteiger partial charge in [0.25, 0.3) is 0 Å². The fraction of sp³-hybridized carbons (Fsp3) is 0.250. The number of rotatable bonds is 7. The van der Waals surface area contributed by atoms with Gasteiger partial charge in [-0.05, 0) is 36.4 Å². The zero-order chi connectivity index (χ0) is 21.7. The third-order valence-corrected chi connectivity index (χ3v) is 4.40. The molecule has 1 aromatic heterocycles. The molecule has 2 amide bonds. The van der Waals surface area contributed by atoms with Gasteiger partial charge in [-0.15, -0.1) is 5.10 Å². The summed E-state index contributed by atoms with van der Waals surface area (Å²) in [6, 6.07) is 10.4. The molecule has 3 aromatic rings. The van der Waals surface area contributed by atoms with Crippen LogP contribution >= 0.6 is 0 Å². The van der Waals surface area contributed by atoms with Gasteiger partial charge in [0.15, 0.2) is 17.3 Å². The lowest BCUT2D eigenvalue weighted by molar-refractivity contribution is 0.251. The van der Waals surface area contributed by atoms with E-state index >= 15 is 0 Å². The number of nitrogens with one attached hydrogen (secondary N) is 2. The van der Waals surface area contributed by atoms with Gasteiger partial charge in [-0.3, -0.25) is 4.57 Å². The van der Waals surface area contributed by atoms with Crippen molar-refractivity contribution in [3.05, 3.63) is 58.8 Å². The molecule has 0 saturated carbocycles. The van der Waals surface area contributed by atoms with Gasteiger partial charge in [-0.1, -0.05) is 6.07 Å². The second-order valence-corrected chi connectivity index (χ2v) is 6.32. The van der Waals surface area contributed by atoms with E-state index in [1.165, 1.54) is 35.6 Å². The normalized spacial score (nSPS) is 10.5. The summed E-state index contributed by atoms with van der Waals surface area (Å²) >= 11 is 0. The molecule has 30 heavy (non-hydrogen) atoms. The summed E-state index contributed by atoms with van der Waals surface area (Å²) in [7, 11) is 4.57. The van der Waals surface area contributed by atoms with E-state index in [9.17, 15) is 14.0 Å². The third-order valence-electron chi connectivity index (χ3n) is 4.40. The number of hydrogen-bond acceptors (Lipinski definition) is 5. The van der Waals surface area contributed by atoms with Crippen molar-refractivity contribution in [3.63, 3.8) is 0 Å². The number of nitrogens with zero attached hydrogens (tertiary/aromatic N) is 3. The molecule has 9 nitrogen and oxygen atoms in total. The molecule has 0 saturated heterocycles. The number of para-hydroxylation sites is 1. The molecule has 10 heteroatoms. The zero-order valence-electron chi connectivity index (χ0n) is 16.8. The smallest absolute Gasteiger partial charge is 0.345 e. The van der Waals surface area contributed by atoms with Gasteiger partial charge in [-0.2, -0.15) is 0 Å². The molecule has 0 atom stereocenters. The van der Waals surface area contributed by atoms with Crippen LogP contribution in [-0.4, -0.2) is 41.1 Å². The zero-order valence-corrected chi connectivity index (χ0v) is 16.8. The molecule has 0 spiro atoms. The van der Waals surface area contributed by atoms with Gasteiger partial charge < -0.3 is 20.1 Å². The minimum atomic E-state index is -0.468. The highest BCUT2D eigenvalue weighted by molar-refractivity contribution is 5.91. The number of carbonyl (C=O) groups is 1. The lowest BCUT2D eigenvalue weighted by atomic mass is 10.2. The highest BCUT2D eigenvalue weighted by Gasteiger charge is 2.14. The molecular weight excluding hydrogens is 393 g/mol. The van der Waals surface area contributed by atoms with Gasteiger partial charge in [0, 0.05) is 19.2 Å². The van der Waals surface area contributed by atoms with Crippen LogP contribution < -0.4 is 25.8 Å². The molecule has 3 rings (SSSR count). The number of aromatic nitrogens is 3. The lowest BCUT2D eigenvalue weighted by Crippen LogP contribution is -2.34. The van der Waals surface area contributed by atoms with E-state index in [0.717, 1.165) is 0 Å². The van der Waals surface area contributed by atoms with E-state index < -0.39 is 6.03 Å². The fourth-order valence-electron chi connectivity index (χ4n) is 2.91. The minimum Gasteiger partial charge on any atom is -0.493 e. The van der Waals surface area contributed by atoms with Gasteiger partial charge in [0.1, 0.15) is 5.82 Å². The molecule has 0 fully saturated rings. The summed E-state index contributed by atoms with van der Waals surface area (Å²) in [6.45, 7) is 0.328. The van der Waals surface area contributed by atoms with Crippen molar-refractivity contribution in [1.29, 1.82) is 0 Å². The molecule has 0 radical (unpaired) electrons. The topological polar surface area (TPSA) is 99.4 Å². The molecule has 158 valence electrons. The van der Waals surface area contributed by atoms with Crippen LogP contribution in [0, 0.1) is 5.82 Å². The SMILES string of the molecule is COc1cccc(NC(=O)NCCn2nc(-c3ccc(F)cc3)n(C)c2=O)c1OC. The molecule has 2 N–H and O–H groups in total.